The van der Waals surface area contributed by atoms with Gasteiger partial charge in [0.25, 0.3) is 0 Å². The molecular weight excluding hydrogens is 288 g/mol. The zero-order valence-electron chi connectivity index (χ0n) is 13.3. The van der Waals surface area contributed by atoms with E-state index in [-0.39, 0.29) is 12.0 Å². The summed E-state index contributed by atoms with van der Waals surface area (Å²) in [5.41, 5.74) is 9.87. The molecule has 1 aliphatic carbocycles. The molecule has 0 radical (unpaired) electrons. The number of aromatic nitrogens is 4. The molecule has 6 heteroatoms. The smallest absolute Gasteiger partial charge is 0.222 e. The Kier molecular flexibility index (Phi) is 3.18. The highest BCUT2D eigenvalue weighted by molar-refractivity contribution is 5.76. The second-order valence-corrected chi connectivity index (χ2v) is 6.29. The van der Waals surface area contributed by atoms with Crippen LogP contribution < -0.4 is 11.1 Å². The predicted octanol–water partition coefficient (Wildman–Crippen LogP) is 3.29. The van der Waals surface area contributed by atoms with E-state index in [1.807, 2.05) is 13.0 Å². The zero-order chi connectivity index (χ0) is 16.0. The number of hydrogen-bond acceptors (Lipinski definition) is 5. The lowest BCUT2D eigenvalue weighted by atomic mass is 10.1. The first-order valence-electron chi connectivity index (χ1n) is 7.96. The van der Waals surface area contributed by atoms with Crippen molar-refractivity contribution in [1.82, 2.24) is 19.9 Å². The van der Waals surface area contributed by atoms with Crippen LogP contribution in [0.15, 0.2) is 24.3 Å². The summed E-state index contributed by atoms with van der Waals surface area (Å²) >= 11 is 0. The molecule has 4 rings (SSSR count). The molecule has 0 bridgehead atoms. The number of anilines is 2. The van der Waals surface area contributed by atoms with Gasteiger partial charge in [-0.3, -0.25) is 0 Å². The minimum atomic E-state index is 0.112. The molecule has 2 aromatic heterocycles. The van der Waals surface area contributed by atoms with Crippen LogP contribution in [-0.4, -0.2) is 19.9 Å². The number of fused-ring (bicyclic) bond motifs is 1. The van der Waals surface area contributed by atoms with Crippen molar-refractivity contribution in [3.63, 3.8) is 0 Å². The Labute approximate surface area is 134 Å². The standard InChI is InChI=1S/C17H20N6/c1-9-7-15(23-17(18)19-9)20-10(2)12-5-6-13-14(8-12)22-16(21-13)11-3-4-11/h5-8,10-11H,3-4H2,1-2H3,(H,21,22)(H3,18,19,20,23). The highest BCUT2D eigenvalue weighted by Crippen LogP contribution is 2.39. The third-order valence-corrected chi connectivity index (χ3v) is 4.22. The van der Waals surface area contributed by atoms with Crippen molar-refractivity contribution < 1.29 is 0 Å². The molecule has 1 atom stereocenters. The molecule has 2 heterocycles. The van der Waals surface area contributed by atoms with Gasteiger partial charge in [0.1, 0.15) is 11.6 Å². The first-order valence-corrected chi connectivity index (χ1v) is 7.96. The number of nitrogen functional groups attached to an aromatic ring is 1. The molecule has 1 unspecified atom stereocenters. The molecule has 6 nitrogen and oxygen atoms in total. The lowest BCUT2D eigenvalue weighted by Crippen LogP contribution is -2.09. The minimum Gasteiger partial charge on any atom is -0.368 e. The molecule has 118 valence electrons. The number of nitrogens with zero attached hydrogens (tertiary/aromatic N) is 3. The van der Waals surface area contributed by atoms with Gasteiger partial charge in [-0.25, -0.2) is 9.97 Å². The average Bonchev–Trinajstić information content (AvgIpc) is 3.25. The van der Waals surface area contributed by atoms with Gasteiger partial charge in [0.05, 0.1) is 17.1 Å². The van der Waals surface area contributed by atoms with Gasteiger partial charge in [-0.2, -0.15) is 4.98 Å². The van der Waals surface area contributed by atoms with Crippen LogP contribution in [0.5, 0.6) is 0 Å². The fraction of sp³-hybridized carbons (Fsp3) is 0.353. The Hall–Kier alpha value is -2.63. The van der Waals surface area contributed by atoms with Crippen molar-refractivity contribution in [1.29, 1.82) is 0 Å². The van der Waals surface area contributed by atoms with Crippen molar-refractivity contribution in [2.24, 2.45) is 0 Å². The van der Waals surface area contributed by atoms with E-state index in [4.69, 9.17) is 5.73 Å². The van der Waals surface area contributed by atoms with Gasteiger partial charge in [0, 0.05) is 17.7 Å². The van der Waals surface area contributed by atoms with E-state index in [1.165, 1.54) is 18.4 Å². The van der Waals surface area contributed by atoms with Gasteiger partial charge < -0.3 is 16.0 Å². The Balaban J connectivity index is 1.59. The van der Waals surface area contributed by atoms with Gasteiger partial charge in [-0.05, 0) is 44.4 Å². The summed E-state index contributed by atoms with van der Waals surface area (Å²) in [6.45, 7) is 4.01. The number of nitrogens with two attached hydrogens (primary N) is 1. The Morgan fingerprint density at radius 2 is 2.04 bits per heavy atom. The highest BCUT2D eigenvalue weighted by atomic mass is 15.1. The van der Waals surface area contributed by atoms with E-state index in [0.717, 1.165) is 28.4 Å². The average molecular weight is 308 g/mol. The molecule has 0 saturated heterocycles. The second kappa shape index (κ2) is 5.22. The number of benzene rings is 1. The fourth-order valence-corrected chi connectivity index (χ4v) is 2.84. The number of imidazole rings is 1. The summed E-state index contributed by atoms with van der Waals surface area (Å²) in [5.74, 6) is 2.79. The van der Waals surface area contributed by atoms with Crippen LogP contribution in [0.3, 0.4) is 0 Å². The van der Waals surface area contributed by atoms with E-state index in [2.05, 4.69) is 50.4 Å². The Bertz CT molecular complexity index is 844. The number of aryl methyl sites for hydroxylation is 1. The van der Waals surface area contributed by atoms with Crippen molar-refractivity contribution >= 4 is 22.8 Å². The molecule has 0 amide bonds. The topological polar surface area (TPSA) is 92.5 Å². The normalized spacial score (nSPS) is 15.7. The minimum absolute atomic E-state index is 0.112. The van der Waals surface area contributed by atoms with Gasteiger partial charge >= 0.3 is 0 Å². The molecule has 1 fully saturated rings. The molecule has 1 aliphatic rings. The summed E-state index contributed by atoms with van der Waals surface area (Å²) in [4.78, 5) is 16.4. The molecule has 0 aliphatic heterocycles. The quantitative estimate of drug-likeness (QED) is 0.687. The largest absolute Gasteiger partial charge is 0.368 e. The van der Waals surface area contributed by atoms with Gasteiger partial charge in [0.2, 0.25) is 5.95 Å². The molecule has 3 aromatic rings. The van der Waals surface area contributed by atoms with Crippen LogP contribution in [0.1, 0.15) is 48.8 Å². The summed E-state index contributed by atoms with van der Waals surface area (Å²) < 4.78 is 0. The SMILES string of the molecule is Cc1cc(NC(C)c2ccc3nc(C4CC4)[nH]c3c2)nc(N)n1. The summed E-state index contributed by atoms with van der Waals surface area (Å²) in [6, 6.07) is 8.34. The second-order valence-electron chi connectivity index (χ2n) is 6.29. The van der Waals surface area contributed by atoms with Crippen LogP contribution in [0.25, 0.3) is 11.0 Å². The maximum atomic E-state index is 5.71. The zero-order valence-corrected chi connectivity index (χ0v) is 13.3. The van der Waals surface area contributed by atoms with Crippen LogP contribution in [0, 0.1) is 6.92 Å². The van der Waals surface area contributed by atoms with E-state index < -0.39 is 0 Å². The van der Waals surface area contributed by atoms with Crippen LogP contribution >= 0.6 is 0 Å². The monoisotopic (exact) mass is 308 g/mol. The van der Waals surface area contributed by atoms with E-state index in [0.29, 0.717) is 5.92 Å². The van der Waals surface area contributed by atoms with E-state index >= 15 is 0 Å². The predicted molar refractivity (Wildman–Crippen MR) is 91.3 cm³/mol. The molecular formula is C17H20N6. The molecule has 1 saturated carbocycles. The molecule has 4 N–H and O–H groups in total. The lowest BCUT2D eigenvalue weighted by Gasteiger charge is -2.15. The summed E-state index contributed by atoms with van der Waals surface area (Å²) in [5, 5.41) is 3.38. The third-order valence-electron chi connectivity index (χ3n) is 4.22. The Morgan fingerprint density at radius 1 is 1.22 bits per heavy atom. The first-order chi connectivity index (χ1) is 11.1. The van der Waals surface area contributed by atoms with E-state index in [9.17, 15) is 0 Å². The van der Waals surface area contributed by atoms with Crippen LogP contribution in [0.2, 0.25) is 0 Å². The van der Waals surface area contributed by atoms with Crippen molar-refractivity contribution in [2.45, 2.75) is 38.6 Å². The highest BCUT2D eigenvalue weighted by Gasteiger charge is 2.26. The van der Waals surface area contributed by atoms with Crippen LogP contribution in [0.4, 0.5) is 11.8 Å². The van der Waals surface area contributed by atoms with E-state index in [1.54, 1.807) is 0 Å². The number of aromatic amines is 1. The molecule has 1 aromatic carbocycles. The first kappa shape index (κ1) is 14.0. The van der Waals surface area contributed by atoms with Crippen molar-refractivity contribution in [3.8, 4) is 0 Å². The summed E-state index contributed by atoms with van der Waals surface area (Å²) in [7, 11) is 0. The number of nitrogens with one attached hydrogen (secondary N) is 2. The maximum absolute atomic E-state index is 5.71. The van der Waals surface area contributed by atoms with Gasteiger partial charge in [-0.15, -0.1) is 0 Å². The number of hydrogen-bond donors (Lipinski definition) is 3. The summed E-state index contributed by atoms with van der Waals surface area (Å²) in [6.07, 6.45) is 2.50. The Morgan fingerprint density at radius 3 is 2.78 bits per heavy atom. The molecule has 0 spiro atoms. The van der Waals surface area contributed by atoms with Crippen molar-refractivity contribution in [3.05, 3.63) is 41.3 Å². The fourth-order valence-electron chi connectivity index (χ4n) is 2.84. The van der Waals surface area contributed by atoms with Gasteiger partial charge in [0.15, 0.2) is 0 Å². The number of rotatable bonds is 4. The maximum Gasteiger partial charge on any atom is 0.222 e. The van der Waals surface area contributed by atoms with Crippen LogP contribution in [-0.2, 0) is 0 Å². The lowest BCUT2D eigenvalue weighted by molar-refractivity contribution is 0.873. The van der Waals surface area contributed by atoms with Gasteiger partial charge in [-0.1, -0.05) is 6.07 Å². The number of H-pyrrole nitrogens is 1. The van der Waals surface area contributed by atoms with Crippen molar-refractivity contribution in [2.75, 3.05) is 11.1 Å². The molecule has 23 heavy (non-hydrogen) atoms. The third kappa shape index (κ3) is 2.84.